The van der Waals surface area contributed by atoms with Crippen LogP contribution in [0, 0.1) is 0 Å². The average molecular weight is 812 g/mol. The van der Waals surface area contributed by atoms with Crippen molar-refractivity contribution in [3.63, 3.8) is 0 Å². The number of carbonyl (C=O) groups excluding carboxylic acids is 6. The van der Waals surface area contributed by atoms with E-state index in [4.69, 9.17) is 20.1 Å². The number of nitrogens with one attached hydrogen (secondary N) is 1. The molecule has 3 heterocycles. The number of aromatic hydroxyl groups is 3. The van der Waals surface area contributed by atoms with Gasteiger partial charge in [-0.15, -0.1) is 0 Å². The molecule has 59 heavy (non-hydrogen) atoms. The lowest BCUT2D eigenvalue weighted by atomic mass is 10.2. The van der Waals surface area contributed by atoms with E-state index in [1.54, 1.807) is 17.0 Å². The van der Waals surface area contributed by atoms with Crippen LogP contribution in [0.1, 0.15) is 70.4 Å². The van der Waals surface area contributed by atoms with Crippen LogP contribution < -0.4 is 10.1 Å². The van der Waals surface area contributed by atoms with Crippen LogP contribution in [-0.2, 0) is 37.0 Å². The van der Waals surface area contributed by atoms with Gasteiger partial charge < -0.3 is 45.0 Å². The van der Waals surface area contributed by atoms with Gasteiger partial charge in [0.25, 0.3) is 0 Å². The second-order valence-electron chi connectivity index (χ2n) is 13.7. The van der Waals surface area contributed by atoms with Crippen LogP contribution >= 0.6 is 0 Å². The van der Waals surface area contributed by atoms with Gasteiger partial charge in [-0.3, -0.25) is 24.0 Å². The molecule has 0 unspecified atom stereocenters. The first-order valence-corrected chi connectivity index (χ1v) is 19.0. The number of ether oxygens (including phenoxy) is 2. The van der Waals surface area contributed by atoms with Crippen LogP contribution in [0.25, 0.3) is 0 Å². The Hall–Kier alpha value is -6.74. The number of phenols is 3. The molecule has 5 N–H and O–H groups in total. The zero-order valence-electron chi connectivity index (χ0n) is 32.6. The third-order valence-electron chi connectivity index (χ3n) is 9.76. The Bertz CT molecular complexity index is 2010. The van der Waals surface area contributed by atoms with Gasteiger partial charge in [-0.05, 0) is 54.7 Å². The lowest BCUT2D eigenvalue weighted by Crippen LogP contribution is -2.36. The van der Waals surface area contributed by atoms with Crippen molar-refractivity contribution < 1.29 is 58.7 Å². The fourth-order valence-electron chi connectivity index (χ4n) is 6.50. The highest BCUT2D eigenvalue weighted by Gasteiger charge is 2.32. The first-order valence-electron chi connectivity index (χ1n) is 19.0. The standard InChI is InChI=1S/C19H19NO4.C12H15NO2.C7H6O3.C6H9NO3/c21-12-16-17(22)7-4-8-18(16)24-13-15-9-10-19(23)20(15)11-14-5-2-1-3-6-14;14-9-11-6-7-12(15)13(11)8-10-4-2-1-3-5-10;8-4-5-6(9)2-1-3-7(5)10;1-10-6(9)4-2-3-5(8)7-4/h1-8,12,15,22H,9-11,13H2;1-5,11,14H,6-9H2;1-4,9-10H;4H,2-3H2,1H3,(H,7,8)/t15-;11-;;4-/m00.0/s1. The normalized spacial score (nSPS) is 17.9. The number of esters is 1. The predicted octanol–water partition coefficient (Wildman–Crippen LogP) is 4.29. The summed E-state index contributed by atoms with van der Waals surface area (Å²) in [6, 6.07) is 28.1. The van der Waals surface area contributed by atoms with Gasteiger partial charge >= 0.3 is 5.97 Å². The highest BCUT2D eigenvalue weighted by atomic mass is 16.5. The van der Waals surface area contributed by atoms with E-state index in [0.717, 1.165) is 24.0 Å². The first-order chi connectivity index (χ1) is 28.5. The van der Waals surface area contributed by atoms with Crippen molar-refractivity contribution in [2.45, 2.75) is 69.7 Å². The van der Waals surface area contributed by atoms with Crippen molar-refractivity contribution in [1.82, 2.24) is 15.1 Å². The highest BCUT2D eigenvalue weighted by Crippen LogP contribution is 2.28. The van der Waals surface area contributed by atoms with E-state index < -0.39 is 6.04 Å². The van der Waals surface area contributed by atoms with Gasteiger partial charge in [-0.2, -0.15) is 0 Å². The average Bonchev–Trinajstić information content (AvgIpc) is 3.95. The molecule has 0 radical (unpaired) electrons. The van der Waals surface area contributed by atoms with Crippen LogP contribution in [0.2, 0.25) is 0 Å². The maximum atomic E-state index is 12.2. The largest absolute Gasteiger partial charge is 0.507 e. The summed E-state index contributed by atoms with van der Waals surface area (Å²) in [5.74, 6) is -0.335. The van der Waals surface area contributed by atoms with E-state index in [1.807, 2.05) is 65.6 Å². The lowest BCUT2D eigenvalue weighted by molar-refractivity contribution is -0.143. The number of aliphatic hydroxyl groups is 1. The summed E-state index contributed by atoms with van der Waals surface area (Å²) in [5.41, 5.74) is 2.26. The third kappa shape index (κ3) is 13.1. The number of nitrogens with zero attached hydrogens (tertiary/aromatic N) is 2. The molecular weight excluding hydrogens is 762 g/mol. The lowest BCUT2D eigenvalue weighted by Gasteiger charge is -2.25. The molecule has 3 aliphatic heterocycles. The Kier molecular flexibility index (Phi) is 17.4. The molecule has 0 spiro atoms. The van der Waals surface area contributed by atoms with Crippen LogP contribution in [0.3, 0.4) is 0 Å². The summed E-state index contributed by atoms with van der Waals surface area (Å²) >= 11 is 0. The van der Waals surface area contributed by atoms with E-state index >= 15 is 0 Å². The second kappa shape index (κ2) is 22.9. The molecule has 3 atom stereocenters. The molecule has 0 aromatic heterocycles. The molecule has 4 aromatic carbocycles. The van der Waals surface area contributed by atoms with E-state index in [2.05, 4.69) is 10.1 Å². The topological polar surface area (TPSA) is 220 Å². The molecule has 7 rings (SSSR count). The van der Waals surface area contributed by atoms with E-state index in [1.165, 1.54) is 31.4 Å². The summed E-state index contributed by atoms with van der Waals surface area (Å²) in [6.07, 6.45) is 4.55. The quantitative estimate of drug-likeness (QED) is 0.106. The smallest absolute Gasteiger partial charge is 0.328 e. The number of hydrogen-bond acceptors (Lipinski definition) is 12. The van der Waals surface area contributed by atoms with Crippen molar-refractivity contribution in [1.29, 1.82) is 0 Å². The number of hydrogen-bond donors (Lipinski definition) is 5. The van der Waals surface area contributed by atoms with E-state index in [0.29, 0.717) is 63.7 Å². The first kappa shape index (κ1) is 45.0. The van der Waals surface area contributed by atoms with Crippen LogP contribution in [0.4, 0.5) is 0 Å². The van der Waals surface area contributed by atoms with Gasteiger partial charge in [-0.1, -0.05) is 72.8 Å². The maximum absolute atomic E-state index is 12.2. The Morgan fingerprint density at radius 2 is 1.17 bits per heavy atom. The molecular formula is C44H49N3O12. The minimum Gasteiger partial charge on any atom is -0.507 e. The van der Waals surface area contributed by atoms with Gasteiger partial charge in [0.1, 0.15) is 35.6 Å². The van der Waals surface area contributed by atoms with Crippen LogP contribution in [0.15, 0.2) is 97.1 Å². The minimum absolute atomic E-state index is 0.0118. The molecule has 0 aliphatic carbocycles. The molecule has 4 aromatic rings. The summed E-state index contributed by atoms with van der Waals surface area (Å²) < 4.78 is 10.2. The van der Waals surface area contributed by atoms with Gasteiger partial charge in [0.05, 0.1) is 36.9 Å². The monoisotopic (exact) mass is 811 g/mol. The molecule has 15 heteroatoms. The SMILES string of the molecule is COC(=O)[C@@H]1CCC(=O)N1.O=C1CC[C@@H](CO)N1Cc1ccccc1.O=Cc1c(O)cccc1O.O=Cc1c(O)cccc1OC[C@@H]1CCC(=O)N1Cc1ccccc1. The molecule has 0 saturated carbocycles. The molecule has 312 valence electrons. The fraction of sp³-hybridized carbons (Fsp3) is 0.318. The second-order valence-corrected chi connectivity index (χ2v) is 13.7. The van der Waals surface area contributed by atoms with Crippen molar-refractivity contribution in [3.8, 4) is 23.0 Å². The summed E-state index contributed by atoms with van der Waals surface area (Å²) in [5, 5.41) is 39.1. The number of aldehydes is 2. The Morgan fingerprint density at radius 3 is 1.63 bits per heavy atom. The molecule has 3 saturated heterocycles. The van der Waals surface area contributed by atoms with Crippen molar-refractivity contribution in [2.24, 2.45) is 0 Å². The molecule has 15 nitrogen and oxygen atoms in total. The Balaban J connectivity index is 0.000000188. The molecule has 0 bridgehead atoms. The number of phenolic OH excluding ortho intramolecular Hbond substituents is 3. The zero-order valence-corrected chi connectivity index (χ0v) is 32.6. The fourth-order valence-corrected chi connectivity index (χ4v) is 6.50. The zero-order chi connectivity index (χ0) is 42.7. The summed E-state index contributed by atoms with van der Waals surface area (Å²) in [4.78, 5) is 69.8. The number of amides is 3. The molecule has 3 amide bonds. The predicted molar refractivity (Wildman–Crippen MR) is 214 cm³/mol. The van der Waals surface area contributed by atoms with Crippen molar-refractivity contribution >= 4 is 36.3 Å². The molecule has 3 fully saturated rings. The van der Waals surface area contributed by atoms with Crippen LogP contribution in [-0.4, -0.2) is 105 Å². The Labute approximate surface area is 341 Å². The van der Waals surface area contributed by atoms with Gasteiger partial charge in [0, 0.05) is 32.4 Å². The third-order valence-corrected chi connectivity index (χ3v) is 9.76. The van der Waals surface area contributed by atoms with Gasteiger partial charge in [-0.25, -0.2) is 4.79 Å². The number of benzene rings is 4. The van der Waals surface area contributed by atoms with Gasteiger partial charge in [0.2, 0.25) is 17.7 Å². The van der Waals surface area contributed by atoms with Crippen molar-refractivity contribution in [2.75, 3.05) is 20.3 Å². The van der Waals surface area contributed by atoms with E-state index in [9.17, 15) is 33.9 Å². The number of methoxy groups -OCH3 is 1. The molecule has 3 aliphatic rings. The highest BCUT2D eigenvalue weighted by molar-refractivity contribution is 5.88. The maximum Gasteiger partial charge on any atom is 0.328 e. The number of carbonyl (C=O) groups is 6. The van der Waals surface area contributed by atoms with Crippen molar-refractivity contribution in [3.05, 3.63) is 119 Å². The Morgan fingerprint density at radius 1 is 0.678 bits per heavy atom. The summed E-state index contributed by atoms with van der Waals surface area (Å²) in [7, 11) is 1.31. The van der Waals surface area contributed by atoms with Gasteiger partial charge in [0.15, 0.2) is 12.6 Å². The number of likely N-dealkylation sites (tertiary alicyclic amines) is 2. The van der Waals surface area contributed by atoms with Crippen LogP contribution in [0.5, 0.6) is 23.0 Å². The minimum atomic E-state index is -0.405. The number of rotatable bonds is 11. The van der Waals surface area contributed by atoms with E-state index in [-0.39, 0.29) is 70.8 Å². The number of aliphatic hydroxyl groups excluding tert-OH is 1. The summed E-state index contributed by atoms with van der Waals surface area (Å²) in [6.45, 7) is 1.53.